The highest BCUT2D eigenvalue weighted by molar-refractivity contribution is 5.82. The van der Waals surface area contributed by atoms with Gasteiger partial charge in [-0.25, -0.2) is 0 Å². The van der Waals surface area contributed by atoms with Gasteiger partial charge in [0.05, 0.1) is 25.3 Å². The minimum Gasteiger partial charge on any atom is -0.480 e. The number of nitrogens with zero attached hydrogens (tertiary/aromatic N) is 1. The van der Waals surface area contributed by atoms with Gasteiger partial charge < -0.3 is 15.2 Å². The summed E-state index contributed by atoms with van der Waals surface area (Å²) in [5.41, 5.74) is 1.09. The molecule has 2 atom stereocenters. The average molecular weight is 292 g/mol. The van der Waals surface area contributed by atoms with Crippen molar-refractivity contribution in [3.63, 3.8) is 0 Å². The molecule has 1 aliphatic rings. The molecule has 1 saturated heterocycles. The molecule has 0 aromatic heterocycles. The molecule has 21 heavy (non-hydrogen) atoms. The number of carboxylic acids is 1. The molecule has 1 amide bonds. The molecular weight excluding hydrogens is 272 g/mol. The highest BCUT2D eigenvalue weighted by Crippen LogP contribution is 2.25. The molecule has 2 unspecified atom stereocenters. The summed E-state index contributed by atoms with van der Waals surface area (Å²) < 4.78 is 5.69. The summed E-state index contributed by atoms with van der Waals surface area (Å²) in [6.07, 6.45) is 0.0530. The number of nitrogens with one attached hydrogen (secondary N) is 1. The van der Waals surface area contributed by atoms with Crippen LogP contribution in [0.3, 0.4) is 0 Å². The lowest BCUT2D eigenvalue weighted by atomic mass is 10.0. The van der Waals surface area contributed by atoms with Crippen molar-refractivity contribution in [1.82, 2.24) is 10.2 Å². The molecule has 0 spiro atoms. The number of amides is 1. The van der Waals surface area contributed by atoms with Crippen LogP contribution < -0.4 is 5.32 Å². The molecular formula is C15H20N2O4. The van der Waals surface area contributed by atoms with Crippen molar-refractivity contribution in [2.45, 2.75) is 19.1 Å². The molecule has 1 fully saturated rings. The Hall–Kier alpha value is -1.92. The maximum Gasteiger partial charge on any atom is 0.322 e. The van der Waals surface area contributed by atoms with E-state index in [4.69, 9.17) is 9.84 Å². The predicted octanol–water partition coefficient (Wildman–Crippen LogP) is 0.649. The van der Waals surface area contributed by atoms with E-state index in [1.54, 1.807) is 0 Å². The van der Waals surface area contributed by atoms with E-state index < -0.39 is 5.97 Å². The fraction of sp³-hybridized carbons (Fsp3) is 0.467. The van der Waals surface area contributed by atoms with Crippen LogP contribution in [0.2, 0.25) is 0 Å². The average Bonchev–Trinajstić information content (AvgIpc) is 2.46. The molecule has 114 valence electrons. The van der Waals surface area contributed by atoms with Gasteiger partial charge in [-0.15, -0.1) is 0 Å². The first-order valence-corrected chi connectivity index (χ1v) is 6.95. The van der Waals surface area contributed by atoms with Crippen LogP contribution in [0.5, 0.6) is 0 Å². The Morgan fingerprint density at radius 1 is 1.38 bits per heavy atom. The van der Waals surface area contributed by atoms with Gasteiger partial charge in [-0.05, 0) is 12.5 Å². The van der Waals surface area contributed by atoms with E-state index in [1.165, 1.54) is 0 Å². The maximum atomic E-state index is 11.8. The summed E-state index contributed by atoms with van der Waals surface area (Å²) in [4.78, 5) is 24.4. The van der Waals surface area contributed by atoms with Crippen molar-refractivity contribution in [3.05, 3.63) is 35.9 Å². The summed E-state index contributed by atoms with van der Waals surface area (Å²) >= 11 is 0. The molecule has 2 rings (SSSR count). The second kappa shape index (κ2) is 7.19. The van der Waals surface area contributed by atoms with Gasteiger partial charge >= 0.3 is 5.97 Å². The molecule has 1 aromatic rings. The molecule has 0 bridgehead atoms. The minimum atomic E-state index is -1.04. The van der Waals surface area contributed by atoms with Crippen LogP contribution in [-0.4, -0.2) is 54.2 Å². The van der Waals surface area contributed by atoms with Gasteiger partial charge in [0.15, 0.2) is 0 Å². The molecule has 0 radical (unpaired) electrons. The van der Waals surface area contributed by atoms with Gasteiger partial charge in [0, 0.05) is 6.54 Å². The molecule has 1 aliphatic heterocycles. The van der Waals surface area contributed by atoms with Gasteiger partial charge in [-0.1, -0.05) is 30.3 Å². The predicted molar refractivity (Wildman–Crippen MR) is 76.8 cm³/mol. The van der Waals surface area contributed by atoms with E-state index >= 15 is 0 Å². The molecule has 0 aliphatic carbocycles. The van der Waals surface area contributed by atoms with Crippen LogP contribution in [0.1, 0.15) is 18.5 Å². The molecule has 6 heteroatoms. The number of ether oxygens (including phenoxy) is 1. The summed E-state index contributed by atoms with van der Waals surface area (Å²) in [6.45, 7) is 2.94. The number of morpholine rings is 1. The van der Waals surface area contributed by atoms with E-state index in [0.717, 1.165) is 5.56 Å². The van der Waals surface area contributed by atoms with E-state index in [2.05, 4.69) is 5.32 Å². The van der Waals surface area contributed by atoms with Gasteiger partial charge in [0.25, 0.3) is 0 Å². The van der Waals surface area contributed by atoms with Crippen molar-refractivity contribution in [2.75, 3.05) is 26.2 Å². The number of carbonyl (C=O) groups excluding carboxylic acids is 1. The Balaban J connectivity index is 2.02. The van der Waals surface area contributed by atoms with Gasteiger partial charge in [0.2, 0.25) is 5.91 Å². The quantitative estimate of drug-likeness (QED) is 0.833. The van der Waals surface area contributed by atoms with Crippen molar-refractivity contribution >= 4 is 11.9 Å². The normalized spacial score (nSPS) is 22.7. The first-order chi connectivity index (χ1) is 10.1. The zero-order valence-electron chi connectivity index (χ0n) is 12.0. The van der Waals surface area contributed by atoms with E-state index in [0.29, 0.717) is 13.2 Å². The van der Waals surface area contributed by atoms with E-state index in [9.17, 15) is 9.59 Å². The van der Waals surface area contributed by atoms with Crippen LogP contribution in [0.25, 0.3) is 0 Å². The van der Waals surface area contributed by atoms with Crippen LogP contribution >= 0.6 is 0 Å². The SMILES string of the molecule is CC1CN(CC(=O)NCC(=O)O)C(c2ccccc2)CO1. The highest BCUT2D eigenvalue weighted by atomic mass is 16.5. The lowest BCUT2D eigenvalue weighted by Gasteiger charge is -2.38. The van der Waals surface area contributed by atoms with Crippen molar-refractivity contribution in [1.29, 1.82) is 0 Å². The molecule has 1 heterocycles. The van der Waals surface area contributed by atoms with Crippen LogP contribution in [0.4, 0.5) is 0 Å². The van der Waals surface area contributed by atoms with E-state index in [-0.39, 0.29) is 31.1 Å². The third-order valence-corrected chi connectivity index (χ3v) is 3.44. The number of aliphatic carboxylic acids is 1. The van der Waals surface area contributed by atoms with Gasteiger partial charge in [0.1, 0.15) is 6.54 Å². The third-order valence-electron chi connectivity index (χ3n) is 3.44. The van der Waals surface area contributed by atoms with Crippen LogP contribution in [-0.2, 0) is 14.3 Å². The zero-order valence-corrected chi connectivity index (χ0v) is 12.0. The molecule has 6 nitrogen and oxygen atoms in total. The number of rotatable bonds is 5. The number of hydrogen-bond acceptors (Lipinski definition) is 4. The maximum absolute atomic E-state index is 11.8. The minimum absolute atomic E-state index is 0.0120. The van der Waals surface area contributed by atoms with E-state index in [1.807, 2.05) is 42.2 Å². The smallest absolute Gasteiger partial charge is 0.322 e. The monoisotopic (exact) mass is 292 g/mol. The third kappa shape index (κ3) is 4.54. The molecule has 0 saturated carbocycles. The second-order valence-electron chi connectivity index (χ2n) is 5.17. The summed E-state index contributed by atoms with van der Waals surface area (Å²) in [5, 5.41) is 11.0. The van der Waals surface area contributed by atoms with Crippen molar-refractivity contribution in [3.8, 4) is 0 Å². The topological polar surface area (TPSA) is 78.9 Å². The van der Waals surface area contributed by atoms with Crippen LogP contribution in [0.15, 0.2) is 30.3 Å². The fourth-order valence-corrected chi connectivity index (χ4v) is 2.44. The van der Waals surface area contributed by atoms with Crippen molar-refractivity contribution < 1.29 is 19.4 Å². The Morgan fingerprint density at radius 3 is 2.76 bits per heavy atom. The highest BCUT2D eigenvalue weighted by Gasteiger charge is 2.29. The Labute approximate surface area is 123 Å². The lowest BCUT2D eigenvalue weighted by Crippen LogP contribution is -2.48. The molecule has 1 aromatic carbocycles. The van der Waals surface area contributed by atoms with Crippen LogP contribution in [0, 0.1) is 0 Å². The van der Waals surface area contributed by atoms with Gasteiger partial charge in [-0.2, -0.15) is 0 Å². The van der Waals surface area contributed by atoms with Crippen molar-refractivity contribution in [2.24, 2.45) is 0 Å². The van der Waals surface area contributed by atoms with Gasteiger partial charge in [-0.3, -0.25) is 14.5 Å². The summed E-state index contributed by atoms with van der Waals surface area (Å²) in [5.74, 6) is -1.33. The second-order valence-corrected chi connectivity index (χ2v) is 5.17. The number of carbonyl (C=O) groups is 2. The summed E-state index contributed by atoms with van der Waals surface area (Å²) in [7, 11) is 0. The number of carboxylic acid groups (broad SMARTS) is 1. The first kappa shape index (κ1) is 15.5. The Kier molecular flexibility index (Phi) is 5.30. The molecule has 2 N–H and O–H groups in total. The lowest BCUT2D eigenvalue weighted by molar-refractivity contribution is -0.138. The standard InChI is InChI=1S/C15H20N2O4/c1-11-8-17(9-14(18)16-7-15(19)20)13(10-21-11)12-5-3-2-4-6-12/h2-6,11,13H,7-10H2,1H3,(H,16,18)(H,19,20). The fourth-order valence-electron chi connectivity index (χ4n) is 2.44. The summed E-state index contributed by atoms with van der Waals surface area (Å²) in [6, 6.07) is 9.88. The number of hydrogen-bond donors (Lipinski definition) is 2. The largest absolute Gasteiger partial charge is 0.480 e. The first-order valence-electron chi connectivity index (χ1n) is 6.95. The number of benzene rings is 1. The Bertz CT molecular complexity index is 492. The Morgan fingerprint density at radius 2 is 2.10 bits per heavy atom. The zero-order chi connectivity index (χ0) is 15.2.